The van der Waals surface area contributed by atoms with E-state index < -0.39 is 5.79 Å². The largest absolute Gasteiger partial charge is 0.460 e. The molecule has 1 aliphatic rings. The lowest BCUT2D eigenvalue weighted by Gasteiger charge is -2.12. The van der Waals surface area contributed by atoms with Crippen molar-refractivity contribution < 1.29 is 9.47 Å². The van der Waals surface area contributed by atoms with Crippen molar-refractivity contribution in [3.05, 3.63) is 36.8 Å². The van der Waals surface area contributed by atoms with Crippen LogP contribution in [0.1, 0.15) is 12.0 Å². The fourth-order valence-electron chi connectivity index (χ4n) is 1.16. The van der Waals surface area contributed by atoms with E-state index in [2.05, 4.69) is 13.8 Å². The second-order valence-electron chi connectivity index (χ2n) is 3.36. The van der Waals surface area contributed by atoms with Gasteiger partial charge in [-0.05, 0) is 26.0 Å². The molecule has 0 bridgehead atoms. The normalized spacial score (nSPS) is 25.7. The van der Waals surface area contributed by atoms with Crippen LogP contribution in [0.15, 0.2) is 24.3 Å². The van der Waals surface area contributed by atoms with E-state index in [0.29, 0.717) is 13.0 Å². The van der Waals surface area contributed by atoms with Crippen LogP contribution in [0.3, 0.4) is 0 Å². The second kappa shape index (κ2) is 3.04. The number of aryl methyl sites for hydroxylation is 1. The Morgan fingerprint density at radius 2 is 2.08 bits per heavy atom. The molecule has 1 aromatic carbocycles. The van der Waals surface area contributed by atoms with Crippen molar-refractivity contribution in [2.75, 3.05) is 6.61 Å². The number of epoxide rings is 1. The minimum absolute atomic E-state index is 0.421. The first kappa shape index (κ1) is 8.57. The number of rotatable bonds is 3. The van der Waals surface area contributed by atoms with E-state index in [9.17, 15) is 0 Å². The van der Waals surface area contributed by atoms with Gasteiger partial charge in [0.1, 0.15) is 12.4 Å². The molecule has 0 aliphatic carbocycles. The van der Waals surface area contributed by atoms with Gasteiger partial charge < -0.3 is 9.47 Å². The Labute approximate surface area is 78.5 Å². The summed E-state index contributed by atoms with van der Waals surface area (Å²) in [7, 11) is 0. The molecule has 69 valence electrons. The van der Waals surface area contributed by atoms with Gasteiger partial charge in [0.25, 0.3) is 0 Å². The molecule has 1 aromatic rings. The van der Waals surface area contributed by atoms with Crippen LogP contribution in [0.5, 0.6) is 5.75 Å². The molecule has 0 saturated carbocycles. The molecule has 1 radical (unpaired) electrons. The molecule has 1 fully saturated rings. The Morgan fingerprint density at radius 3 is 2.54 bits per heavy atom. The van der Waals surface area contributed by atoms with E-state index in [-0.39, 0.29) is 0 Å². The molecule has 1 aliphatic heterocycles. The molecule has 1 heterocycles. The quantitative estimate of drug-likeness (QED) is 0.661. The van der Waals surface area contributed by atoms with Crippen molar-refractivity contribution >= 4 is 0 Å². The van der Waals surface area contributed by atoms with Crippen molar-refractivity contribution in [3.8, 4) is 5.75 Å². The summed E-state index contributed by atoms with van der Waals surface area (Å²) in [6.45, 7) is 6.49. The van der Waals surface area contributed by atoms with Crippen LogP contribution in [0.25, 0.3) is 0 Å². The Balaban J connectivity index is 2.06. The van der Waals surface area contributed by atoms with E-state index in [1.165, 1.54) is 5.56 Å². The molecule has 1 saturated heterocycles. The second-order valence-corrected chi connectivity index (χ2v) is 3.36. The average Bonchev–Trinajstić information content (AvgIpc) is 2.90. The van der Waals surface area contributed by atoms with Gasteiger partial charge in [-0.3, -0.25) is 0 Å². The third-order valence-corrected chi connectivity index (χ3v) is 2.17. The van der Waals surface area contributed by atoms with E-state index >= 15 is 0 Å². The van der Waals surface area contributed by atoms with Gasteiger partial charge in [-0.15, -0.1) is 0 Å². The van der Waals surface area contributed by atoms with Gasteiger partial charge in [0, 0.05) is 6.42 Å². The number of hydrogen-bond donors (Lipinski definition) is 0. The van der Waals surface area contributed by atoms with Crippen LogP contribution in [0.4, 0.5) is 0 Å². The van der Waals surface area contributed by atoms with Crippen LogP contribution < -0.4 is 4.74 Å². The minimum atomic E-state index is -0.421. The molecule has 0 N–H and O–H groups in total. The summed E-state index contributed by atoms with van der Waals surface area (Å²) in [6.07, 6.45) is 0.654. The molecule has 13 heavy (non-hydrogen) atoms. The number of benzene rings is 1. The maximum atomic E-state index is 5.63. The first-order valence-corrected chi connectivity index (χ1v) is 4.43. The van der Waals surface area contributed by atoms with Crippen molar-refractivity contribution in [3.63, 3.8) is 0 Å². The van der Waals surface area contributed by atoms with Crippen molar-refractivity contribution in [2.24, 2.45) is 0 Å². The molecular formula is C11H13O2. The van der Waals surface area contributed by atoms with Crippen LogP contribution in [-0.4, -0.2) is 12.4 Å². The lowest BCUT2D eigenvalue weighted by molar-refractivity contribution is 0.0643. The molecule has 2 rings (SSSR count). The van der Waals surface area contributed by atoms with Crippen LogP contribution >= 0.6 is 0 Å². The van der Waals surface area contributed by atoms with Crippen molar-refractivity contribution in [2.45, 2.75) is 19.1 Å². The topological polar surface area (TPSA) is 21.8 Å². The van der Waals surface area contributed by atoms with E-state index in [0.717, 1.165) is 5.75 Å². The fraction of sp³-hybridized carbons (Fsp3) is 0.364. The molecule has 1 atom stereocenters. The zero-order chi connectivity index (χ0) is 9.31. The van der Waals surface area contributed by atoms with E-state index in [1.54, 1.807) is 0 Å². The van der Waals surface area contributed by atoms with Gasteiger partial charge in [-0.1, -0.05) is 17.7 Å². The predicted octanol–water partition coefficient (Wildman–Crippen LogP) is 2.32. The molecule has 0 spiro atoms. The van der Waals surface area contributed by atoms with Gasteiger partial charge in [0.15, 0.2) is 0 Å². The third-order valence-electron chi connectivity index (χ3n) is 2.17. The summed E-state index contributed by atoms with van der Waals surface area (Å²) in [4.78, 5) is 0. The maximum absolute atomic E-state index is 5.63. The molecule has 1 unspecified atom stereocenters. The first-order valence-electron chi connectivity index (χ1n) is 4.43. The van der Waals surface area contributed by atoms with Gasteiger partial charge in [-0.25, -0.2) is 0 Å². The zero-order valence-corrected chi connectivity index (χ0v) is 7.75. The third kappa shape index (κ3) is 1.83. The Morgan fingerprint density at radius 1 is 1.46 bits per heavy atom. The number of hydrogen-bond acceptors (Lipinski definition) is 2. The highest BCUT2D eigenvalue weighted by molar-refractivity contribution is 5.27. The van der Waals surface area contributed by atoms with Gasteiger partial charge in [0.2, 0.25) is 5.79 Å². The highest BCUT2D eigenvalue weighted by Crippen LogP contribution is 2.33. The molecule has 0 aromatic heterocycles. The lowest BCUT2D eigenvalue weighted by atomic mass is 10.2. The summed E-state index contributed by atoms with van der Waals surface area (Å²) in [5.74, 6) is 0.432. The summed E-state index contributed by atoms with van der Waals surface area (Å²) in [6, 6.07) is 7.95. The van der Waals surface area contributed by atoms with Crippen molar-refractivity contribution in [1.29, 1.82) is 0 Å². The van der Waals surface area contributed by atoms with Gasteiger partial charge in [-0.2, -0.15) is 0 Å². The Kier molecular flexibility index (Phi) is 2.00. The van der Waals surface area contributed by atoms with Crippen LogP contribution in [-0.2, 0) is 4.74 Å². The first-order chi connectivity index (χ1) is 6.24. The van der Waals surface area contributed by atoms with Gasteiger partial charge in [0.05, 0.1) is 0 Å². The minimum Gasteiger partial charge on any atom is -0.460 e. The average molecular weight is 177 g/mol. The summed E-state index contributed by atoms with van der Waals surface area (Å²) in [5.41, 5.74) is 1.23. The van der Waals surface area contributed by atoms with Crippen molar-refractivity contribution in [1.82, 2.24) is 0 Å². The summed E-state index contributed by atoms with van der Waals surface area (Å²) >= 11 is 0. The fourth-order valence-corrected chi connectivity index (χ4v) is 1.16. The standard InChI is InChI=1S/C11H13O2/c1-3-11(8-12-11)13-10-6-4-9(2)5-7-10/h4-7H,1,3,8H2,2H3. The molecule has 0 amide bonds. The molecule has 2 nitrogen and oxygen atoms in total. The predicted molar refractivity (Wildman–Crippen MR) is 50.5 cm³/mol. The van der Waals surface area contributed by atoms with E-state index in [1.807, 2.05) is 24.3 Å². The lowest BCUT2D eigenvalue weighted by Crippen LogP contribution is -2.18. The number of ether oxygens (including phenoxy) is 2. The molecular weight excluding hydrogens is 164 g/mol. The SMILES string of the molecule is [CH2]CC1(Oc2ccc(C)cc2)CO1. The van der Waals surface area contributed by atoms with E-state index in [4.69, 9.17) is 9.47 Å². The Bertz CT molecular complexity index is 285. The summed E-state index contributed by atoms with van der Waals surface area (Å²) < 4.78 is 10.8. The monoisotopic (exact) mass is 177 g/mol. The maximum Gasteiger partial charge on any atom is 0.234 e. The van der Waals surface area contributed by atoms with Crippen LogP contribution in [0.2, 0.25) is 0 Å². The highest BCUT2D eigenvalue weighted by atomic mass is 16.8. The smallest absolute Gasteiger partial charge is 0.234 e. The highest BCUT2D eigenvalue weighted by Gasteiger charge is 2.45. The summed E-state index contributed by atoms with van der Waals surface area (Å²) in [5, 5.41) is 0. The van der Waals surface area contributed by atoms with Crippen LogP contribution in [0, 0.1) is 13.8 Å². The Hall–Kier alpha value is -1.02. The molecule has 2 heteroatoms. The zero-order valence-electron chi connectivity index (χ0n) is 7.75. The van der Waals surface area contributed by atoms with Gasteiger partial charge >= 0.3 is 0 Å².